The molecule has 0 heterocycles. The van der Waals surface area contributed by atoms with Crippen LogP contribution in [-0.4, -0.2) is 115 Å². The molecule has 334 valence electrons. The van der Waals surface area contributed by atoms with Crippen LogP contribution in [0.1, 0.15) is 88.6 Å². The van der Waals surface area contributed by atoms with Crippen molar-refractivity contribution in [3.8, 4) is 11.1 Å². The maximum atomic E-state index is 13.5. The van der Waals surface area contributed by atoms with Crippen molar-refractivity contribution in [2.45, 2.75) is 115 Å². The fourth-order valence-electron chi connectivity index (χ4n) is 5.91. The highest BCUT2D eigenvalue weighted by Crippen LogP contribution is 2.21. The van der Waals surface area contributed by atoms with E-state index in [0.717, 1.165) is 30.4 Å². The molecule has 61 heavy (non-hydrogen) atoms. The van der Waals surface area contributed by atoms with Gasteiger partial charge in [0.2, 0.25) is 41.2 Å². The summed E-state index contributed by atoms with van der Waals surface area (Å²) < 4.78 is 0. The Bertz CT molecular complexity index is 1840. The number of Topliss-reactive ketones (excluding diaryl/α,β-unsaturated/α-hetero) is 1. The van der Waals surface area contributed by atoms with Gasteiger partial charge in [0.05, 0.1) is 18.6 Å². The van der Waals surface area contributed by atoms with Crippen LogP contribution in [0.5, 0.6) is 0 Å². The summed E-state index contributed by atoms with van der Waals surface area (Å²) in [6.45, 7) is 6.08. The zero-order chi connectivity index (χ0) is 45.6. The molecule has 12 N–H and O–H groups in total. The maximum absolute atomic E-state index is 13.5. The van der Waals surface area contributed by atoms with Crippen LogP contribution in [-0.2, 0) is 44.8 Å². The number of rotatable bonds is 26. The Morgan fingerprint density at radius 2 is 1.28 bits per heavy atom. The summed E-state index contributed by atoms with van der Waals surface area (Å²) in [6.07, 6.45) is 1.96. The van der Waals surface area contributed by atoms with E-state index in [2.05, 4.69) is 56.3 Å². The number of benzene rings is 2. The number of nitrogens with two attached hydrogens (primary N) is 2. The summed E-state index contributed by atoms with van der Waals surface area (Å²) in [6, 6.07) is 8.27. The van der Waals surface area contributed by atoms with E-state index in [-0.39, 0.29) is 19.4 Å². The summed E-state index contributed by atoms with van der Waals surface area (Å²) in [4.78, 5) is 114. The number of hydrogen-bond acceptors (Lipinski definition) is 11. The molecule has 19 heteroatoms. The summed E-state index contributed by atoms with van der Waals surface area (Å²) in [5, 5.41) is 27.1. The van der Waals surface area contributed by atoms with Crippen molar-refractivity contribution in [1.29, 1.82) is 0 Å². The molecule has 0 saturated carbocycles. The van der Waals surface area contributed by atoms with Crippen molar-refractivity contribution < 1.29 is 48.3 Å². The molecule has 19 nitrogen and oxygen atoms in total. The quantitative estimate of drug-likeness (QED) is 0.0404. The first-order valence-corrected chi connectivity index (χ1v) is 20.3. The number of carbonyl (C=O) groups is 9. The van der Waals surface area contributed by atoms with Gasteiger partial charge in [0, 0.05) is 25.6 Å². The molecule has 0 bridgehead atoms. The molecule has 0 spiro atoms. The van der Waals surface area contributed by atoms with E-state index in [1.165, 1.54) is 33.4 Å². The summed E-state index contributed by atoms with van der Waals surface area (Å²) in [5.41, 5.74) is 14.5. The van der Waals surface area contributed by atoms with Crippen molar-refractivity contribution in [2.24, 2.45) is 11.5 Å². The first-order chi connectivity index (χ1) is 28.9. The number of primary amides is 1. The standard InChI is InChI=1S/C42H61N9O10/c1-6-7-10-27-12-14-28(15-13-27)29-16-18-30(19-17-29)38(57)46-22-20-34(54)49-31(11-8-9-21-43)39(58)51-35(26(4)52)41(60)48-25(3)37(56)50-32(23-33(44)53)40(59)47-24(2)36(55)42(61)45-5/h12-19,24-26,31-32,35,52H,6-11,20-23,43H2,1-5H3,(H2,44,53)(H,45,61)(H,46,57)(H,47,59)(H,48,60)(H,49,54)(H,50,56)(H,51,58)/t24?,25-,26?,31-,32-,35-/m0/s1. The van der Waals surface area contributed by atoms with Crippen LogP contribution in [0.4, 0.5) is 0 Å². The molecule has 2 rings (SSSR count). The van der Waals surface area contributed by atoms with E-state index >= 15 is 0 Å². The Morgan fingerprint density at radius 1 is 0.689 bits per heavy atom. The average Bonchev–Trinajstić information content (AvgIpc) is 3.23. The Hall–Kier alpha value is -6.21. The van der Waals surface area contributed by atoms with Crippen LogP contribution in [0, 0.1) is 0 Å². The van der Waals surface area contributed by atoms with Crippen LogP contribution in [0.3, 0.4) is 0 Å². The number of nitrogens with one attached hydrogen (secondary N) is 7. The van der Waals surface area contributed by atoms with Crippen molar-refractivity contribution >= 4 is 53.0 Å². The fourth-order valence-corrected chi connectivity index (χ4v) is 5.91. The normalized spacial score (nSPS) is 13.8. The van der Waals surface area contributed by atoms with Gasteiger partial charge in [-0.3, -0.25) is 43.2 Å². The number of ketones is 1. The first-order valence-electron chi connectivity index (χ1n) is 20.3. The third-order valence-corrected chi connectivity index (χ3v) is 9.55. The number of unbranched alkanes of at least 4 members (excludes halogenated alkanes) is 2. The van der Waals surface area contributed by atoms with E-state index in [4.69, 9.17) is 11.5 Å². The molecule has 0 aliphatic heterocycles. The predicted octanol–water partition coefficient (Wildman–Crippen LogP) is -1.02. The molecule has 2 unspecified atom stereocenters. The number of carbonyl (C=O) groups excluding carboxylic acids is 9. The number of aryl methyl sites for hydroxylation is 1. The third kappa shape index (κ3) is 17.5. The van der Waals surface area contributed by atoms with Gasteiger partial charge in [-0.25, -0.2) is 0 Å². The Balaban J connectivity index is 2.01. The molecule has 0 aliphatic carbocycles. The van der Waals surface area contributed by atoms with Crippen molar-refractivity contribution in [1.82, 2.24) is 37.2 Å². The lowest BCUT2D eigenvalue weighted by Gasteiger charge is -2.26. The molecular weight excluding hydrogens is 791 g/mol. The highest BCUT2D eigenvalue weighted by Gasteiger charge is 2.33. The number of amides is 8. The van der Waals surface area contributed by atoms with Gasteiger partial charge < -0.3 is 53.8 Å². The van der Waals surface area contributed by atoms with Crippen LogP contribution in [0.15, 0.2) is 48.5 Å². The van der Waals surface area contributed by atoms with Gasteiger partial charge in [0.1, 0.15) is 24.2 Å². The second-order valence-electron chi connectivity index (χ2n) is 14.7. The van der Waals surface area contributed by atoms with Gasteiger partial charge >= 0.3 is 0 Å². The molecule has 0 radical (unpaired) electrons. The highest BCUT2D eigenvalue weighted by molar-refractivity contribution is 6.38. The molecule has 2 aromatic carbocycles. The molecule has 0 aliphatic rings. The van der Waals surface area contributed by atoms with E-state index in [1.54, 1.807) is 12.1 Å². The summed E-state index contributed by atoms with van der Waals surface area (Å²) >= 11 is 0. The van der Waals surface area contributed by atoms with Gasteiger partial charge in [0.15, 0.2) is 0 Å². The van der Waals surface area contributed by atoms with Gasteiger partial charge in [-0.15, -0.1) is 0 Å². The number of aliphatic hydroxyl groups is 1. The minimum absolute atomic E-state index is 0.0451. The predicted molar refractivity (Wildman–Crippen MR) is 226 cm³/mol. The Kier molecular flexibility index (Phi) is 21.8. The van der Waals surface area contributed by atoms with Gasteiger partial charge in [0.25, 0.3) is 11.8 Å². The minimum Gasteiger partial charge on any atom is -0.391 e. The van der Waals surface area contributed by atoms with Gasteiger partial charge in [-0.2, -0.15) is 0 Å². The van der Waals surface area contributed by atoms with Crippen LogP contribution in [0.2, 0.25) is 0 Å². The van der Waals surface area contributed by atoms with E-state index < -0.39 is 95.8 Å². The van der Waals surface area contributed by atoms with Crippen molar-refractivity contribution in [2.75, 3.05) is 20.1 Å². The molecular formula is C42H61N9O10. The molecule has 6 atom stereocenters. The zero-order valence-electron chi connectivity index (χ0n) is 35.4. The largest absolute Gasteiger partial charge is 0.391 e. The third-order valence-electron chi connectivity index (χ3n) is 9.55. The lowest BCUT2D eigenvalue weighted by Crippen LogP contribution is -2.60. The minimum atomic E-state index is -1.62. The lowest BCUT2D eigenvalue weighted by atomic mass is 10.0. The average molecular weight is 852 g/mol. The highest BCUT2D eigenvalue weighted by atomic mass is 16.3. The number of likely N-dealkylation sites (N-methyl/N-ethyl adjacent to an activating group) is 1. The number of hydrogen-bond donors (Lipinski definition) is 10. The number of aliphatic hydroxyl groups excluding tert-OH is 1. The summed E-state index contributed by atoms with van der Waals surface area (Å²) in [7, 11) is 1.22. The Morgan fingerprint density at radius 3 is 1.84 bits per heavy atom. The second-order valence-corrected chi connectivity index (χ2v) is 14.7. The second kappa shape index (κ2) is 26.1. The molecule has 0 fully saturated rings. The SMILES string of the molecule is CCCCc1ccc(-c2ccc(C(=O)NCCC(=O)N[C@@H](CCCCN)C(=O)N[C@H](C(=O)N[C@@H](C)C(=O)N[C@@H](CC(N)=O)C(=O)NC(C)C(=O)C(=O)NC)C(C)O)cc2)cc1. The van der Waals surface area contributed by atoms with Gasteiger partial charge in [-0.1, -0.05) is 49.7 Å². The Labute approximate surface area is 355 Å². The topological polar surface area (TPSA) is 310 Å². The lowest BCUT2D eigenvalue weighted by molar-refractivity contribution is -0.140. The van der Waals surface area contributed by atoms with Crippen LogP contribution >= 0.6 is 0 Å². The molecule has 0 aromatic heterocycles. The van der Waals surface area contributed by atoms with Crippen molar-refractivity contribution in [3.63, 3.8) is 0 Å². The monoisotopic (exact) mass is 851 g/mol. The smallest absolute Gasteiger partial charge is 0.289 e. The van der Waals surface area contributed by atoms with E-state index in [1.807, 2.05) is 24.3 Å². The van der Waals surface area contributed by atoms with Crippen molar-refractivity contribution in [3.05, 3.63) is 59.7 Å². The zero-order valence-corrected chi connectivity index (χ0v) is 35.4. The first kappa shape index (κ1) is 50.9. The van der Waals surface area contributed by atoms with E-state index in [9.17, 15) is 48.3 Å². The van der Waals surface area contributed by atoms with Crippen LogP contribution in [0.25, 0.3) is 11.1 Å². The molecule has 2 aromatic rings. The van der Waals surface area contributed by atoms with E-state index in [0.29, 0.717) is 24.9 Å². The molecule has 0 saturated heterocycles. The summed E-state index contributed by atoms with van der Waals surface area (Å²) in [5.74, 6) is -7.74. The van der Waals surface area contributed by atoms with Gasteiger partial charge in [-0.05, 0) is 88.2 Å². The maximum Gasteiger partial charge on any atom is 0.289 e. The van der Waals surface area contributed by atoms with Crippen LogP contribution < -0.4 is 48.7 Å². The molecule has 8 amide bonds. The fraction of sp³-hybridized carbons (Fsp3) is 0.500.